The molecule has 2 aliphatic heterocycles. The van der Waals surface area contributed by atoms with Gasteiger partial charge in [0.25, 0.3) is 5.69 Å². The molecule has 400 valence electrons. The highest BCUT2D eigenvalue weighted by Crippen LogP contribution is 2.41. The summed E-state index contributed by atoms with van der Waals surface area (Å²) in [5.74, 6) is -4.78. The number of halogens is 1. The van der Waals surface area contributed by atoms with Gasteiger partial charge in [-0.15, -0.1) is 0 Å². The van der Waals surface area contributed by atoms with Gasteiger partial charge in [-0.1, -0.05) is 42.5 Å². The van der Waals surface area contributed by atoms with Crippen molar-refractivity contribution in [2.45, 2.75) is 108 Å². The quantitative estimate of drug-likeness (QED) is 0.0287. The number of primary amides is 1. The zero-order valence-corrected chi connectivity index (χ0v) is 42.4. The van der Waals surface area contributed by atoms with Crippen molar-refractivity contribution < 1.29 is 42.9 Å². The average molecular weight is 1030 g/mol. The van der Waals surface area contributed by atoms with Crippen molar-refractivity contribution in [3.05, 3.63) is 117 Å². The van der Waals surface area contributed by atoms with Crippen LogP contribution in [-0.2, 0) is 52.8 Å². The van der Waals surface area contributed by atoms with Crippen LogP contribution < -0.4 is 38.1 Å². The molecule has 4 aromatic rings. The highest BCUT2D eigenvalue weighted by Gasteiger charge is 2.38. The Morgan fingerprint density at radius 3 is 2.19 bits per heavy atom. The van der Waals surface area contributed by atoms with Crippen LogP contribution in [0.5, 0.6) is 0 Å². The molecule has 7 amide bonds. The van der Waals surface area contributed by atoms with Crippen LogP contribution in [0.4, 0.5) is 10.1 Å². The van der Waals surface area contributed by atoms with E-state index in [0.717, 1.165) is 28.5 Å². The van der Waals surface area contributed by atoms with Crippen LogP contribution in [0.2, 0.25) is 0 Å². The number of aromatic nitrogens is 1. The Bertz CT molecular complexity index is 2770. The van der Waals surface area contributed by atoms with Crippen molar-refractivity contribution in [1.82, 2.24) is 41.4 Å². The van der Waals surface area contributed by atoms with Crippen molar-refractivity contribution in [3.8, 4) is 0 Å². The minimum atomic E-state index is -1.23. The fourth-order valence-corrected chi connectivity index (χ4v) is 10.4. The maximum Gasteiger partial charge on any atom is 0.269 e. The molecule has 0 spiro atoms. The predicted octanol–water partition coefficient (Wildman–Crippen LogP) is 2.67. The minimum absolute atomic E-state index is 0.0263. The van der Waals surface area contributed by atoms with Gasteiger partial charge in [-0.05, 0) is 111 Å². The summed E-state index contributed by atoms with van der Waals surface area (Å²) in [7, 11) is 1.97. The van der Waals surface area contributed by atoms with E-state index in [1.807, 2.05) is 37.5 Å². The number of non-ortho nitro benzene ring substituents is 1. The molecule has 1 aliphatic carbocycles. The van der Waals surface area contributed by atoms with Crippen LogP contribution in [0, 0.1) is 27.8 Å². The van der Waals surface area contributed by atoms with E-state index in [1.54, 1.807) is 4.90 Å². The Balaban J connectivity index is 0.971. The number of nitro groups is 1. The van der Waals surface area contributed by atoms with E-state index in [0.29, 0.717) is 88.7 Å². The third kappa shape index (κ3) is 14.6. The lowest BCUT2D eigenvalue weighted by Gasteiger charge is -2.39. The van der Waals surface area contributed by atoms with Crippen LogP contribution >= 0.6 is 0 Å². The molecular weight excluding hydrogens is 966 g/mol. The number of nitrogens with zero attached hydrogens (tertiary/aromatic N) is 3. The monoisotopic (exact) mass is 1030 g/mol. The van der Waals surface area contributed by atoms with Crippen LogP contribution in [0.25, 0.3) is 16.5 Å². The molecule has 0 bridgehead atoms. The zero-order chi connectivity index (χ0) is 53.8. The highest BCUT2D eigenvalue weighted by molar-refractivity contribution is 6.00. The molecule has 10 N–H and O–H groups in total. The Morgan fingerprint density at radius 1 is 0.813 bits per heavy atom. The van der Waals surface area contributed by atoms with Crippen molar-refractivity contribution in [2.75, 3.05) is 39.8 Å². The van der Waals surface area contributed by atoms with Crippen LogP contribution in [0.3, 0.4) is 0 Å². The number of rotatable bonds is 24. The minimum Gasteiger partial charge on any atom is -0.368 e. The summed E-state index contributed by atoms with van der Waals surface area (Å²) in [6, 6.07) is 13.4. The molecule has 0 saturated carbocycles. The number of carbonyl (C=O) groups excluding carboxylic acids is 7. The first kappa shape index (κ1) is 55.2. The predicted molar refractivity (Wildman–Crippen MR) is 278 cm³/mol. The lowest BCUT2D eigenvalue weighted by molar-refractivity contribution is -0.384. The van der Waals surface area contributed by atoms with Gasteiger partial charge in [0.15, 0.2) is 0 Å². The third-order valence-corrected chi connectivity index (χ3v) is 14.4. The Labute approximate surface area is 434 Å². The van der Waals surface area contributed by atoms with Gasteiger partial charge >= 0.3 is 0 Å². The molecule has 1 saturated heterocycles. The number of hydrogen-bond acceptors (Lipinski definition) is 11. The van der Waals surface area contributed by atoms with Gasteiger partial charge in [0.2, 0.25) is 41.4 Å². The van der Waals surface area contributed by atoms with Crippen LogP contribution in [-0.4, -0.2) is 131 Å². The molecular formula is C54H68FN11O9. The summed E-state index contributed by atoms with van der Waals surface area (Å²) >= 11 is 0. The SMILES string of the molecule is CC(=O)N[C@@H](CCCCNC(=O)[C@H](N)CCCCNC(=O)C1CCCN(C(=O)[C@H](Cc2ccc(F)cc2)NC(=O)[C@H](Cc2ccc([N+](=O)[O-])cc2)NC(=O)[C@@H]2C=C3c4cccc5[nH]cc(c45)C[C@H]3N(C)C2)C1)C(N)=O. The van der Waals surface area contributed by atoms with E-state index in [-0.39, 0.29) is 48.8 Å². The zero-order valence-electron chi connectivity index (χ0n) is 42.4. The second kappa shape index (κ2) is 25.6. The third-order valence-electron chi connectivity index (χ3n) is 14.4. The number of carbonyl (C=O) groups is 7. The maximum atomic E-state index is 14.7. The number of benzene rings is 3. The molecule has 1 aromatic heterocycles. The van der Waals surface area contributed by atoms with Crippen LogP contribution in [0.15, 0.2) is 79.0 Å². The van der Waals surface area contributed by atoms with Gasteiger partial charge in [-0.3, -0.25) is 48.6 Å². The van der Waals surface area contributed by atoms with Crippen LogP contribution in [0.1, 0.15) is 80.5 Å². The van der Waals surface area contributed by atoms with E-state index in [9.17, 15) is 48.1 Å². The fraction of sp³-hybridized carbons (Fsp3) is 0.463. The Morgan fingerprint density at radius 2 is 1.49 bits per heavy atom. The molecule has 3 heterocycles. The molecule has 1 fully saturated rings. The Hall–Kier alpha value is -7.52. The molecule has 21 heteroatoms. The van der Waals surface area contributed by atoms with Gasteiger partial charge in [0, 0.05) is 87.8 Å². The fourth-order valence-electron chi connectivity index (χ4n) is 10.4. The van der Waals surface area contributed by atoms with E-state index >= 15 is 0 Å². The number of likely N-dealkylation sites (tertiary alicyclic amines) is 1. The van der Waals surface area contributed by atoms with E-state index in [1.165, 1.54) is 61.0 Å². The number of amides is 7. The molecule has 20 nitrogen and oxygen atoms in total. The van der Waals surface area contributed by atoms with Crippen molar-refractivity contribution >= 4 is 63.5 Å². The number of nitro benzene ring substituents is 1. The summed E-state index contributed by atoms with van der Waals surface area (Å²) < 4.78 is 14.1. The summed E-state index contributed by atoms with van der Waals surface area (Å²) in [6.07, 6.45) is 8.64. The normalized spacial score (nSPS) is 18.8. The summed E-state index contributed by atoms with van der Waals surface area (Å²) in [6.45, 7) is 2.72. The molecule has 7 rings (SSSR count). The topological polar surface area (TPSA) is 297 Å². The van der Waals surface area contributed by atoms with Gasteiger partial charge in [-0.2, -0.15) is 0 Å². The second-order valence-electron chi connectivity index (χ2n) is 20.0. The maximum absolute atomic E-state index is 14.7. The number of nitrogens with one attached hydrogen (secondary N) is 6. The first-order valence-electron chi connectivity index (χ1n) is 25.7. The number of hydrogen-bond donors (Lipinski definition) is 8. The molecule has 0 radical (unpaired) electrons. The lowest BCUT2D eigenvalue weighted by atomic mass is 9.79. The smallest absolute Gasteiger partial charge is 0.269 e. The van der Waals surface area contributed by atoms with Crippen molar-refractivity contribution in [2.24, 2.45) is 23.3 Å². The van der Waals surface area contributed by atoms with Crippen molar-refractivity contribution in [1.29, 1.82) is 0 Å². The first-order valence-corrected chi connectivity index (χ1v) is 25.7. The van der Waals surface area contributed by atoms with Gasteiger partial charge in [0.05, 0.1) is 22.8 Å². The summed E-state index contributed by atoms with van der Waals surface area (Å²) in [5.41, 5.74) is 16.7. The molecule has 1 unspecified atom stereocenters. The second-order valence-corrected chi connectivity index (χ2v) is 20.0. The standard InChI is InChI=1S/C54H68FN11O9/c1-32(67)61-44(49(57)68)12-4-6-23-59-52(71)42(56)11-3-5-22-58-50(69)35-9-8-24-65(31-35)54(73)46(26-33-14-18-38(55)19-15-33)63-53(72)45(25-34-16-20-39(21-17-34)66(74)75)62-51(70)37-27-41-40-10-7-13-43-48(40)36(29-60-43)28-47(41)64(2)30-37/h7,10,13-21,27,29,35,37,42,44-47,60H,3-6,8-9,11-12,22-26,28,30-31,56H2,1-2H3,(H2,57,68)(H,58,69)(H,59,71)(H,61,67)(H,62,70)(H,63,72)/t35?,37-,42-,44+,45+,46+,47-/m1/s1. The largest absolute Gasteiger partial charge is 0.368 e. The van der Waals surface area contributed by atoms with Gasteiger partial charge in [-0.25, -0.2) is 4.39 Å². The number of piperidine rings is 1. The van der Waals surface area contributed by atoms with E-state index in [2.05, 4.69) is 36.5 Å². The first-order chi connectivity index (χ1) is 35.9. The van der Waals surface area contributed by atoms with E-state index < -0.39 is 70.4 Å². The number of H-pyrrole nitrogens is 1. The molecule has 7 atom stereocenters. The average Bonchev–Trinajstić information content (AvgIpc) is 3.81. The number of aromatic amines is 1. The van der Waals surface area contributed by atoms with Gasteiger partial charge < -0.3 is 47.9 Å². The van der Waals surface area contributed by atoms with Gasteiger partial charge in [0.1, 0.15) is 23.9 Å². The highest BCUT2D eigenvalue weighted by atomic mass is 19.1. The molecule has 75 heavy (non-hydrogen) atoms. The number of fused-ring (bicyclic) bond motifs is 2. The number of likely N-dealkylation sites (N-methyl/N-ethyl adjacent to an activating group) is 1. The number of nitrogens with two attached hydrogens (primary N) is 2. The summed E-state index contributed by atoms with van der Waals surface area (Å²) in [5, 5.41) is 26.7. The lowest BCUT2D eigenvalue weighted by Crippen LogP contribution is -2.58. The van der Waals surface area contributed by atoms with E-state index in [4.69, 9.17) is 11.5 Å². The van der Waals surface area contributed by atoms with Crippen molar-refractivity contribution in [3.63, 3.8) is 0 Å². The number of unbranched alkanes of at least 4 members (excludes halogenated alkanes) is 2. The Kier molecular flexibility index (Phi) is 18.9. The molecule has 3 aromatic carbocycles. The summed E-state index contributed by atoms with van der Waals surface area (Å²) in [4.78, 5) is 111. The molecule has 3 aliphatic rings.